The second kappa shape index (κ2) is 4.11. The first-order valence-corrected chi connectivity index (χ1v) is 7.24. The smallest absolute Gasteiger partial charge is 0.235 e. The van der Waals surface area contributed by atoms with Gasteiger partial charge in [-0.1, -0.05) is 24.3 Å². The van der Waals surface area contributed by atoms with Crippen molar-refractivity contribution in [3.63, 3.8) is 0 Å². The third kappa shape index (κ3) is 1.50. The summed E-state index contributed by atoms with van der Waals surface area (Å²) in [5, 5.41) is 14.1. The third-order valence-electron chi connectivity index (χ3n) is 3.25. The van der Waals surface area contributed by atoms with Crippen LogP contribution in [0.1, 0.15) is 17.6 Å². The van der Waals surface area contributed by atoms with Gasteiger partial charge in [0.2, 0.25) is 10.8 Å². The van der Waals surface area contributed by atoms with Crippen LogP contribution < -0.4 is 0 Å². The molecule has 100 valence electrons. The first-order valence-electron chi connectivity index (χ1n) is 6.43. The van der Waals surface area contributed by atoms with E-state index in [4.69, 9.17) is 0 Å². The highest BCUT2D eigenvalue weighted by molar-refractivity contribution is 7.16. The van der Waals surface area contributed by atoms with E-state index in [1.165, 1.54) is 0 Å². The minimum Gasteiger partial charge on any atom is -0.297 e. The third-order valence-corrected chi connectivity index (χ3v) is 4.29. The van der Waals surface area contributed by atoms with Gasteiger partial charge in [-0.15, -0.1) is 10.2 Å². The van der Waals surface area contributed by atoms with Gasteiger partial charge >= 0.3 is 0 Å². The maximum atomic E-state index is 4.56. The van der Waals surface area contributed by atoms with E-state index < -0.39 is 0 Å². The molecule has 0 saturated heterocycles. The molecule has 4 aromatic heterocycles. The maximum absolute atomic E-state index is 4.56. The first-order chi connectivity index (χ1) is 9.78. The molecule has 0 radical (unpaired) electrons. The number of rotatable bonds is 2. The Morgan fingerprint density at radius 1 is 1.25 bits per heavy atom. The number of nitrogens with zero attached hydrogens (tertiary/aromatic N) is 6. The Bertz CT molecular complexity index is 916. The van der Waals surface area contributed by atoms with Crippen molar-refractivity contribution in [3.8, 4) is 11.5 Å². The van der Waals surface area contributed by atoms with E-state index in [1.807, 2.05) is 40.2 Å². The van der Waals surface area contributed by atoms with E-state index in [9.17, 15) is 0 Å². The molecule has 0 bridgehead atoms. The predicted octanol–water partition coefficient (Wildman–Crippen LogP) is 2.37. The van der Waals surface area contributed by atoms with Crippen LogP contribution in [0.25, 0.3) is 22.1 Å². The molecule has 20 heavy (non-hydrogen) atoms. The predicted molar refractivity (Wildman–Crippen MR) is 77.0 cm³/mol. The van der Waals surface area contributed by atoms with Crippen LogP contribution in [0, 0.1) is 6.92 Å². The first kappa shape index (κ1) is 11.5. The molecule has 0 aliphatic carbocycles. The second-order valence-electron chi connectivity index (χ2n) is 4.54. The lowest BCUT2D eigenvalue weighted by Crippen LogP contribution is -1.96. The van der Waals surface area contributed by atoms with Crippen molar-refractivity contribution >= 4 is 21.9 Å². The Labute approximate surface area is 118 Å². The van der Waals surface area contributed by atoms with Crippen LogP contribution in [-0.2, 0) is 6.42 Å². The van der Waals surface area contributed by atoms with Gasteiger partial charge in [-0.2, -0.15) is 9.61 Å². The molecule has 0 atom stereocenters. The molecule has 4 heterocycles. The standard InChI is InChI=1S/C13H12N6S/c1-3-10-17-19-12(15-16-13(19)20-10)11-8(2)14-9-6-4-5-7-18(9)11/h4-7H,3H2,1-2H3. The van der Waals surface area contributed by atoms with E-state index in [-0.39, 0.29) is 0 Å². The van der Waals surface area contributed by atoms with Gasteiger partial charge in [0.15, 0.2) is 0 Å². The number of fused-ring (bicyclic) bond motifs is 2. The van der Waals surface area contributed by atoms with Crippen LogP contribution >= 0.6 is 11.3 Å². The van der Waals surface area contributed by atoms with Gasteiger partial charge in [-0.3, -0.25) is 4.40 Å². The number of pyridine rings is 1. The van der Waals surface area contributed by atoms with Gasteiger partial charge in [0.1, 0.15) is 16.3 Å². The fraction of sp³-hybridized carbons (Fsp3) is 0.231. The van der Waals surface area contributed by atoms with E-state index in [0.717, 1.165) is 39.2 Å². The lowest BCUT2D eigenvalue weighted by molar-refractivity contribution is 0.899. The Hall–Kier alpha value is -2.28. The molecule has 0 amide bonds. The zero-order chi connectivity index (χ0) is 13.7. The van der Waals surface area contributed by atoms with Crippen LogP contribution in [0.4, 0.5) is 0 Å². The fourth-order valence-electron chi connectivity index (χ4n) is 2.33. The van der Waals surface area contributed by atoms with Gasteiger partial charge in [0, 0.05) is 6.20 Å². The number of imidazole rings is 1. The molecule has 0 unspecified atom stereocenters. The lowest BCUT2D eigenvalue weighted by Gasteiger charge is -1.99. The molecule has 0 fully saturated rings. The monoisotopic (exact) mass is 284 g/mol. The molecule has 0 saturated carbocycles. The van der Waals surface area contributed by atoms with Gasteiger partial charge in [-0.05, 0) is 25.5 Å². The summed E-state index contributed by atoms with van der Waals surface area (Å²) in [6, 6.07) is 5.94. The van der Waals surface area contributed by atoms with Gasteiger partial charge in [0.25, 0.3) is 0 Å². The highest BCUT2D eigenvalue weighted by Crippen LogP contribution is 2.25. The molecule has 7 heteroatoms. The van der Waals surface area contributed by atoms with E-state index in [2.05, 4.69) is 27.2 Å². The number of aryl methyl sites for hydroxylation is 2. The molecule has 0 aliphatic heterocycles. The summed E-state index contributed by atoms with van der Waals surface area (Å²) in [6.07, 6.45) is 2.89. The molecule has 0 aliphatic rings. The average Bonchev–Trinajstić information content (AvgIpc) is 3.09. The Kier molecular flexibility index (Phi) is 2.37. The SMILES string of the molecule is CCc1nn2c(-c3c(C)nc4ccccn34)nnc2s1. The molecule has 6 nitrogen and oxygen atoms in total. The summed E-state index contributed by atoms with van der Waals surface area (Å²) >= 11 is 1.58. The molecule has 0 N–H and O–H groups in total. The van der Waals surface area contributed by atoms with Gasteiger partial charge in [0.05, 0.1) is 5.69 Å². The van der Waals surface area contributed by atoms with Gasteiger partial charge in [-0.25, -0.2) is 4.98 Å². The van der Waals surface area contributed by atoms with Crippen molar-refractivity contribution in [1.29, 1.82) is 0 Å². The normalized spacial score (nSPS) is 11.7. The zero-order valence-electron chi connectivity index (χ0n) is 11.1. The van der Waals surface area contributed by atoms with Gasteiger partial charge < -0.3 is 0 Å². The topological polar surface area (TPSA) is 60.4 Å². The Morgan fingerprint density at radius 3 is 3.00 bits per heavy atom. The molecule has 4 rings (SSSR count). The largest absolute Gasteiger partial charge is 0.297 e. The maximum Gasteiger partial charge on any atom is 0.235 e. The average molecular weight is 284 g/mol. The van der Waals surface area contributed by atoms with Crippen molar-refractivity contribution < 1.29 is 0 Å². The van der Waals surface area contributed by atoms with Crippen molar-refractivity contribution in [2.24, 2.45) is 0 Å². The molecule has 0 aromatic carbocycles. The Morgan fingerprint density at radius 2 is 2.15 bits per heavy atom. The molecule has 0 spiro atoms. The number of aromatic nitrogens is 6. The highest BCUT2D eigenvalue weighted by Gasteiger charge is 2.18. The summed E-state index contributed by atoms with van der Waals surface area (Å²) < 4.78 is 3.84. The highest BCUT2D eigenvalue weighted by atomic mass is 32.1. The van der Waals surface area contributed by atoms with Crippen LogP contribution in [0.15, 0.2) is 24.4 Å². The van der Waals surface area contributed by atoms with Crippen LogP contribution in [0.3, 0.4) is 0 Å². The minimum absolute atomic E-state index is 0.743. The number of hydrogen-bond donors (Lipinski definition) is 0. The van der Waals surface area contributed by atoms with Crippen molar-refractivity contribution in [3.05, 3.63) is 35.1 Å². The summed E-state index contributed by atoms with van der Waals surface area (Å²) in [4.78, 5) is 5.38. The van der Waals surface area contributed by atoms with E-state index in [0.29, 0.717) is 0 Å². The van der Waals surface area contributed by atoms with Crippen LogP contribution in [0.5, 0.6) is 0 Å². The summed E-state index contributed by atoms with van der Waals surface area (Å²) in [5.74, 6) is 0.743. The van der Waals surface area contributed by atoms with E-state index in [1.54, 1.807) is 11.3 Å². The summed E-state index contributed by atoms with van der Waals surface area (Å²) in [6.45, 7) is 4.07. The number of hydrogen-bond acceptors (Lipinski definition) is 5. The molecule has 4 aromatic rings. The van der Waals surface area contributed by atoms with Crippen LogP contribution in [0.2, 0.25) is 0 Å². The summed E-state index contributed by atoms with van der Waals surface area (Å²) in [5.41, 5.74) is 2.78. The van der Waals surface area contributed by atoms with Crippen molar-refractivity contribution in [2.75, 3.05) is 0 Å². The van der Waals surface area contributed by atoms with Crippen molar-refractivity contribution in [2.45, 2.75) is 20.3 Å². The van der Waals surface area contributed by atoms with Crippen LogP contribution in [-0.4, -0.2) is 29.2 Å². The minimum atomic E-state index is 0.743. The summed E-state index contributed by atoms with van der Waals surface area (Å²) in [7, 11) is 0. The zero-order valence-corrected chi connectivity index (χ0v) is 11.9. The fourth-order valence-corrected chi connectivity index (χ4v) is 3.10. The Balaban J connectivity index is 2.05. The molecular weight excluding hydrogens is 272 g/mol. The van der Waals surface area contributed by atoms with E-state index >= 15 is 0 Å². The molecular formula is C13H12N6S. The van der Waals surface area contributed by atoms with Crippen molar-refractivity contribution in [1.82, 2.24) is 29.2 Å². The second-order valence-corrected chi connectivity index (χ2v) is 5.58. The lowest BCUT2D eigenvalue weighted by atomic mass is 10.3. The quantitative estimate of drug-likeness (QED) is 0.567.